The van der Waals surface area contributed by atoms with Crippen molar-refractivity contribution in [1.29, 1.82) is 0 Å². The summed E-state index contributed by atoms with van der Waals surface area (Å²) in [4.78, 5) is 5.34. The van der Waals surface area contributed by atoms with E-state index in [0.29, 0.717) is 0 Å². The van der Waals surface area contributed by atoms with Crippen molar-refractivity contribution in [2.24, 2.45) is 0 Å². The Morgan fingerprint density at radius 3 is 3.00 bits per heavy atom. The third-order valence-electron chi connectivity index (χ3n) is 3.67. The van der Waals surface area contributed by atoms with Gasteiger partial charge in [0.2, 0.25) is 0 Å². The summed E-state index contributed by atoms with van der Waals surface area (Å²) in [7, 11) is 0. The molecule has 0 aliphatic carbocycles. The third kappa shape index (κ3) is 2.26. The second kappa shape index (κ2) is 4.86. The van der Waals surface area contributed by atoms with E-state index in [2.05, 4.69) is 29.4 Å². The van der Waals surface area contributed by atoms with E-state index in [1.807, 2.05) is 0 Å². The number of hydrogen-bond acceptors (Lipinski definition) is 3. The molecule has 82 valence electrons. The van der Waals surface area contributed by atoms with Gasteiger partial charge >= 0.3 is 0 Å². The average molecular weight is 214 g/mol. The molecule has 2 aliphatic rings. The van der Waals surface area contributed by atoms with Crippen molar-refractivity contribution in [2.45, 2.75) is 38.3 Å². The molecule has 2 heterocycles. The topological polar surface area (TPSA) is 6.48 Å². The average Bonchev–Trinajstić information content (AvgIpc) is 2.61. The van der Waals surface area contributed by atoms with Gasteiger partial charge in [-0.2, -0.15) is 12.6 Å². The Hall–Kier alpha value is 0.270. The van der Waals surface area contributed by atoms with Gasteiger partial charge in [0.25, 0.3) is 0 Å². The normalized spacial score (nSPS) is 34.7. The molecule has 2 aliphatic heterocycles. The number of rotatable bonds is 3. The fraction of sp³-hybridized carbons (Fsp3) is 1.00. The van der Waals surface area contributed by atoms with Crippen LogP contribution in [0.15, 0.2) is 0 Å². The van der Waals surface area contributed by atoms with Gasteiger partial charge in [0.1, 0.15) is 0 Å². The van der Waals surface area contributed by atoms with Crippen LogP contribution < -0.4 is 0 Å². The van der Waals surface area contributed by atoms with Crippen molar-refractivity contribution >= 4 is 12.6 Å². The molecule has 2 nitrogen and oxygen atoms in total. The highest BCUT2D eigenvalue weighted by molar-refractivity contribution is 7.80. The molecule has 0 aromatic rings. The van der Waals surface area contributed by atoms with Crippen LogP contribution in [0.2, 0.25) is 0 Å². The van der Waals surface area contributed by atoms with Crippen molar-refractivity contribution in [3.8, 4) is 0 Å². The van der Waals surface area contributed by atoms with E-state index < -0.39 is 0 Å². The summed E-state index contributed by atoms with van der Waals surface area (Å²) in [6.07, 6.45) is 4.07. The summed E-state index contributed by atoms with van der Waals surface area (Å²) >= 11 is 4.29. The Labute approximate surface area is 93.1 Å². The van der Waals surface area contributed by atoms with Crippen LogP contribution in [-0.2, 0) is 0 Å². The SMILES string of the molecule is CC1CN2CCCC2CN1CCCS. The molecule has 2 atom stereocenters. The molecule has 2 saturated heterocycles. The van der Waals surface area contributed by atoms with Gasteiger partial charge < -0.3 is 0 Å². The van der Waals surface area contributed by atoms with Crippen LogP contribution in [0.25, 0.3) is 0 Å². The van der Waals surface area contributed by atoms with Gasteiger partial charge in [-0.15, -0.1) is 0 Å². The lowest BCUT2D eigenvalue weighted by molar-refractivity contribution is 0.0600. The molecule has 0 bridgehead atoms. The maximum atomic E-state index is 4.29. The molecule has 0 spiro atoms. The first kappa shape index (κ1) is 10.8. The molecular weight excluding hydrogens is 192 g/mol. The number of thiol groups is 1. The zero-order valence-electron chi connectivity index (χ0n) is 9.15. The van der Waals surface area contributed by atoms with Gasteiger partial charge in [-0.3, -0.25) is 9.80 Å². The minimum absolute atomic E-state index is 0.754. The number of hydrogen-bond donors (Lipinski definition) is 1. The Balaban J connectivity index is 1.86. The second-order valence-electron chi connectivity index (χ2n) is 4.71. The minimum atomic E-state index is 0.754. The van der Waals surface area contributed by atoms with Crippen molar-refractivity contribution < 1.29 is 0 Å². The molecule has 3 heteroatoms. The van der Waals surface area contributed by atoms with Crippen molar-refractivity contribution in [1.82, 2.24) is 9.80 Å². The van der Waals surface area contributed by atoms with E-state index in [4.69, 9.17) is 0 Å². The van der Waals surface area contributed by atoms with Gasteiger partial charge in [-0.05, 0) is 45.0 Å². The minimum Gasteiger partial charge on any atom is -0.298 e. The van der Waals surface area contributed by atoms with Crippen molar-refractivity contribution in [2.75, 3.05) is 31.9 Å². The van der Waals surface area contributed by atoms with Gasteiger partial charge in [-0.1, -0.05) is 0 Å². The fourth-order valence-corrected chi connectivity index (χ4v) is 2.97. The summed E-state index contributed by atoms with van der Waals surface area (Å²) in [5, 5.41) is 0. The molecule has 2 fully saturated rings. The smallest absolute Gasteiger partial charge is 0.0224 e. The maximum Gasteiger partial charge on any atom is 0.0224 e. The molecule has 0 amide bonds. The number of fused-ring (bicyclic) bond motifs is 1. The highest BCUT2D eigenvalue weighted by atomic mass is 32.1. The molecule has 0 radical (unpaired) electrons. The first-order valence-corrected chi connectivity index (χ1v) is 6.53. The van der Waals surface area contributed by atoms with Gasteiger partial charge in [-0.25, -0.2) is 0 Å². The van der Waals surface area contributed by atoms with Crippen LogP contribution in [-0.4, -0.2) is 53.8 Å². The molecule has 14 heavy (non-hydrogen) atoms. The number of piperazine rings is 1. The Kier molecular flexibility index (Phi) is 3.74. The van der Waals surface area contributed by atoms with Crippen LogP contribution in [0.3, 0.4) is 0 Å². The Morgan fingerprint density at radius 2 is 2.21 bits per heavy atom. The summed E-state index contributed by atoms with van der Waals surface area (Å²) in [6, 6.07) is 1.62. The maximum absolute atomic E-state index is 4.29. The first-order valence-electron chi connectivity index (χ1n) is 5.90. The quantitative estimate of drug-likeness (QED) is 0.711. The summed E-state index contributed by atoms with van der Waals surface area (Å²) in [5.41, 5.74) is 0. The molecule has 0 aromatic carbocycles. The second-order valence-corrected chi connectivity index (χ2v) is 5.16. The zero-order chi connectivity index (χ0) is 9.97. The zero-order valence-corrected chi connectivity index (χ0v) is 10.0. The van der Waals surface area contributed by atoms with E-state index in [1.165, 1.54) is 45.4 Å². The van der Waals surface area contributed by atoms with Crippen LogP contribution >= 0.6 is 12.6 Å². The Bertz CT molecular complexity index is 186. The first-order chi connectivity index (χ1) is 6.81. The van der Waals surface area contributed by atoms with E-state index in [0.717, 1.165) is 17.8 Å². The van der Waals surface area contributed by atoms with E-state index in [-0.39, 0.29) is 0 Å². The standard InChI is InChI=1S/C11H22N2S/c1-10-8-13-5-2-4-11(13)9-12(10)6-3-7-14/h10-11,14H,2-9H2,1H3. The van der Waals surface area contributed by atoms with Crippen LogP contribution in [0.4, 0.5) is 0 Å². The van der Waals surface area contributed by atoms with Crippen LogP contribution in [0, 0.1) is 0 Å². The van der Waals surface area contributed by atoms with Gasteiger partial charge in [0.05, 0.1) is 0 Å². The summed E-state index contributed by atoms with van der Waals surface area (Å²) in [5.74, 6) is 1.03. The van der Waals surface area contributed by atoms with Crippen molar-refractivity contribution in [3.63, 3.8) is 0 Å². The predicted molar refractivity (Wildman–Crippen MR) is 64.1 cm³/mol. The fourth-order valence-electron chi connectivity index (χ4n) is 2.83. The highest BCUT2D eigenvalue weighted by Gasteiger charge is 2.33. The third-order valence-corrected chi connectivity index (χ3v) is 3.99. The lowest BCUT2D eigenvalue weighted by Gasteiger charge is -2.42. The predicted octanol–water partition coefficient (Wildman–Crippen LogP) is 1.47. The molecule has 2 unspecified atom stereocenters. The van der Waals surface area contributed by atoms with E-state index in [9.17, 15) is 0 Å². The van der Waals surface area contributed by atoms with Crippen LogP contribution in [0.5, 0.6) is 0 Å². The largest absolute Gasteiger partial charge is 0.298 e. The molecule has 0 N–H and O–H groups in total. The molecule has 0 aromatic heterocycles. The van der Waals surface area contributed by atoms with E-state index in [1.54, 1.807) is 0 Å². The highest BCUT2D eigenvalue weighted by Crippen LogP contribution is 2.24. The van der Waals surface area contributed by atoms with Gasteiger partial charge in [0, 0.05) is 25.2 Å². The lowest BCUT2D eigenvalue weighted by Crippen LogP contribution is -2.55. The monoisotopic (exact) mass is 214 g/mol. The van der Waals surface area contributed by atoms with E-state index >= 15 is 0 Å². The molecular formula is C11H22N2S. The molecule has 0 saturated carbocycles. The van der Waals surface area contributed by atoms with Crippen molar-refractivity contribution in [3.05, 3.63) is 0 Å². The lowest BCUT2D eigenvalue weighted by atomic mass is 10.1. The molecule has 2 rings (SSSR count). The number of nitrogens with zero attached hydrogens (tertiary/aromatic N) is 2. The Morgan fingerprint density at radius 1 is 1.36 bits per heavy atom. The summed E-state index contributed by atoms with van der Waals surface area (Å²) < 4.78 is 0. The van der Waals surface area contributed by atoms with Crippen LogP contribution in [0.1, 0.15) is 26.2 Å². The van der Waals surface area contributed by atoms with Gasteiger partial charge in [0.15, 0.2) is 0 Å². The summed E-state index contributed by atoms with van der Waals surface area (Å²) in [6.45, 7) is 7.55.